The van der Waals surface area contributed by atoms with E-state index in [4.69, 9.17) is 20.4 Å². The highest BCUT2D eigenvalue weighted by molar-refractivity contribution is 5.85. The molecule has 0 saturated carbocycles. The maximum absolute atomic E-state index is 9.60. The Bertz CT molecular complexity index is 557. The first-order valence-corrected chi connectivity index (χ1v) is 11.2. The molecule has 0 radical (unpaired) electrons. The van der Waals surface area contributed by atoms with Crippen LogP contribution in [-0.4, -0.2) is 44.3 Å². The summed E-state index contributed by atoms with van der Waals surface area (Å²) in [5.41, 5.74) is 1.79. The normalized spacial score (nSPS) is 9.00. The first-order chi connectivity index (χ1) is 15.7. The maximum atomic E-state index is 9.60. The molecule has 0 aliphatic heterocycles. The van der Waals surface area contributed by atoms with Crippen molar-refractivity contribution in [2.75, 3.05) is 0 Å². The monoisotopic (exact) mass is 516 g/mol. The summed E-state index contributed by atoms with van der Waals surface area (Å²) in [7, 11) is 0. The zero-order valence-electron chi connectivity index (χ0n) is 24.7. The van der Waals surface area contributed by atoms with Crippen molar-refractivity contribution in [2.24, 2.45) is 10.8 Å². The van der Waals surface area contributed by atoms with Crippen LogP contribution in [-0.2, 0) is 19.2 Å². The van der Waals surface area contributed by atoms with E-state index in [1.165, 1.54) is 40.5 Å². The minimum atomic E-state index is -0.935. The van der Waals surface area contributed by atoms with Crippen LogP contribution in [0.5, 0.6) is 0 Å². The van der Waals surface area contributed by atoms with Gasteiger partial charge in [0.2, 0.25) is 0 Å². The summed E-state index contributed by atoms with van der Waals surface area (Å²) in [5.74, 6) is -3.74. The summed E-state index contributed by atoms with van der Waals surface area (Å²) in [6.45, 7) is 36.3. The molecule has 0 unspecified atom stereocenters. The van der Waals surface area contributed by atoms with Gasteiger partial charge in [0.1, 0.15) is 0 Å². The summed E-state index contributed by atoms with van der Waals surface area (Å²) >= 11 is 0. The number of rotatable bonds is 4. The number of carboxylic acid groups (broad SMARTS) is 4. The lowest BCUT2D eigenvalue weighted by Gasteiger charge is -2.12. The Morgan fingerprint density at radius 1 is 0.472 bits per heavy atom. The van der Waals surface area contributed by atoms with Crippen molar-refractivity contribution in [1.29, 1.82) is 0 Å². The molecule has 0 aliphatic carbocycles. The summed E-state index contributed by atoms with van der Waals surface area (Å²) < 4.78 is 0. The minimum absolute atomic E-state index is 0.176. The SMILES string of the molecule is C=C(C)C(=O)O.C=C(C)C(=O)O.C=C(C)C(=O)O.C=C(C)C(=O)O.CCC(C)(C)C.CCC(C)(C)C. The van der Waals surface area contributed by atoms with Crippen LogP contribution in [0.2, 0.25) is 0 Å². The van der Waals surface area contributed by atoms with E-state index in [2.05, 4.69) is 81.7 Å². The molecule has 0 bridgehead atoms. The van der Waals surface area contributed by atoms with Gasteiger partial charge in [0.25, 0.3) is 0 Å². The number of hydrogen-bond acceptors (Lipinski definition) is 4. The fourth-order valence-corrected chi connectivity index (χ4v) is 0. The van der Waals surface area contributed by atoms with Crippen LogP contribution in [0.3, 0.4) is 0 Å². The molecule has 0 amide bonds. The molecule has 0 aromatic carbocycles. The standard InChI is InChI=1S/2C6H14.4C4H6O2/c2*1-5-6(2,3)4;4*1-3(2)4(5)6/h2*5H2,1-4H3;4*1H2,2H3,(H,5,6). The summed E-state index contributed by atoms with van der Waals surface area (Å²) in [6, 6.07) is 0. The fraction of sp³-hybridized carbons (Fsp3) is 0.571. The molecular formula is C28H52O8. The molecule has 36 heavy (non-hydrogen) atoms. The Morgan fingerprint density at radius 2 is 0.528 bits per heavy atom. The zero-order valence-corrected chi connectivity index (χ0v) is 24.7. The van der Waals surface area contributed by atoms with Gasteiger partial charge in [-0.3, -0.25) is 0 Å². The van der Waals surface area contributed by atoms with Gasteiger partial charge in [-0.05, 0) is 38.5 Å². The van der Waals surface area contributed by atoms with Gasteiger partial charge in [-0.2, -0.15) is 0 Å². The number of aliphatic carboxylic acids is 4. The molecule has 212 valence electrons. The maximum Gasteiger partial charge on any atom is 0.330 e. The second-order valence-corrected chi connectivity index (χ2v) is 10.2. The van der Waals surface area contributed by atoms with E-state index in [-0.39, 0.29) is 22.3 Å². The van der Waals surface area contributed by atoms with Gasteiger partial charge >= 0.3 is 23.9 Å². The van der Waals surface area contributed by atoms with Crippen LogP contribution >= 0.6 is 0 Å². The van der Waals surface area contributed by atoms with Crippen molar-refractivity contribution in [3.63, 3.8) is 0 Å². The Labute approximate surface area is 219 Å². The Kier molecular flexibility index (Phi) is 32.0. The third-order valence-corrected chi connectivity index (χ3v) is 3.58. The molecule has 0 spiro atoms. The van der Waals surface area contributed by atoms with Crippen molar-refractivity contribution >= 4 is 23.9 Å². The first kappa shape index (κ1) is 46.2. The van der Waals surface area contributed by atoms with Crippen LogP contribution in [0.15, 0.2) is 48.6 Å². The van der Waals surface area contributed by atoms with Gasteiger partial charge in [0, 0.05) is 22.3 Å². The largest absolute Gasteiger partial charge is 0.478 e. The van der Waals surface area contributed by atoms with E-state index >= 15 is 0 Å². The van der Waals surface area contributed by atoms with Gasteiger partial charge in [-0.1, -0.05) is 94.5 Å². The first-order valence-electron chi connectivity index (χ1n) is 11.2. The lowest BCUT2D eigenvalue weighted by atomic mass is 9.94. The van der Waals surface area contributed by atoms with E-state index in [0.29, 0.717) is 10.8 Å². The van der Waals surface area contributed by atoms with Crippen LogP contribution in [0, 0.1) is 10.8 Å². The Balaban J connectivity index is -0.0000000750. The van der Waals surface area contributed by atoms with E-state index in [9.17, 15) is 19.2 Å². The zero-order chi connectivity index (χ0) is 31.0. The van der Waals surface area contributed by atoms with Crippen molar-refractivity contribution in [3.8, 4) is 0 Å². The van der Waals surface area contributed by atoms with Crippen LogP contribution in [0.4, 0.5) is 0 Å². The second-order valence-electron chi connectivity index (χ2n) is 10.2. The summed E-state index contributed by atoms with van der Waals surface area (Å²) in [4.78, 5) is 38.4. The summed E-state index contributed by atoms with van der Waals surface area (Å²) in [5, 5.41) is 31.6. The van der Waals surface area contributed by atoms with Gasteiger partial charge in [0.15, 0.2) is 0 Å². The Hall–Kier alpha value is -3.16. The molecule has 0 heterocycles. The van der Waals surface area contributed by atoms with E-state index in [0.717, 1.165) is 0 Å². The molecule has 0 aliphatic rings. The van der Waals surface area contributed by atoms with Crippen LogP contribution in [0.1, 0.15) is 95.9 Å². The number of hydrogen-bond donors (Lipinski definition) is 4. The molecule has 4 N–H and O–H groups in total. The average molecular weight is 517 g/mol. The van der Waals surface area contributed by atoms with Crippen molar-refractivity contribution < 1.29 is 39.6 Å². The highest BCUT2D eigenvalue weighted by Crippen LogP contribution is 2.16. The van der Waals surface area contributed by atoms with E-state index < -0.39 is 23.9 Å². The highest BCUT2D eigenvalue weighted by atomic mass is 16.4. The molecule has 8 nitrogen and oxygen atoms in total. The molecule has 8 heteroatoms. The van der Waals surface area contributed by atoms with E-state index in [1.54, 1.807) is 0 Å². The van der Waals surface area contributed by atoms with E-state index in [1.807, 2.05) is 0 Å². The third-order valence-electron chi connectivity index (χ3n) is 3.58. The fourth-order valence-electron chi connectivity index (χ4n) is 0. The van der Waals surface area contributed by atoms with Crippen molar-refractivity contribution in [3.05, 3.63) is 48.6 Å². The average Bonchev–Trinajstić information content (AvgIpc) is 2.68. The van der Waals surface area contributed by atoms with Gasteiger partial charge in [-0.25, -0.2) is 19.2 Å². The molecule has 0 aromatic rings. The third kappa shape index (κ3) is 77.4. The summed E-state index contributed by atoms with van der Waals surface area (Å²) in [6.07, 6.45) is 2.54. The number of carbonyl (C=O) groups is 4. The van der Waals surface area contributed by atoms with Gasteiger partial charge in [0.05, 0.1) is 0 Å². The van der Waals surface area contributed by atoms with Crippen LogP contribution in [0.25, 0.3) is 0 Å². The highest BCUT2D eigenvalue weighted by Gasteiger charge is 2.03. The molecular weight excluding hydrogens is 464 g/mol. The van der Waals surface area contributed by atoms with Crippen molar-refractivity contribution in [2.45, 2.75) is 95.9 Å². The lowest BCUT2D eigenvalue weighted by Crippen LogP contribution is -2.00. The minimum Gasteiger partial charge on any atom is -0.478 e. The predicted octanol–water partition coefficient (Wildman–Crippen LogP) is 7.47. The second kappa shape index (κ2) is 24.9. The molecule has 0 saturated heterocycles. The van der Waals surface area contributed by atoms with Crippen LogP contribution < -0.4 is 0 Å². The van der Waals surface area contributed by atoms with Crippen molar-refractivity contribution in [1.82, 2.24) is 0 Å². The quantitative estimate of drug-likeness (QED) is 0.281. The van der Waals surface area contributed by atoms with Gasteiger partial charge < -0.3 is 20.4 Å². The molecule has 0 rings (SSSR count). The predicted molar refractivity (Wildman–Crippen MR) is 149 cm³/mol. The molecule has 0 aromatic heterocycles. The van der Waals surface area contributed by atoms with Gasteiger partial charge in [-0.15, -0.1) is 0 Å². The number of carboxylic acids is 4. The topological polar surface area (TPSA) is 149 Å². The molecule has 0 fully saturated rings. The Morgan fingerprint density at radius 3 is 0.528 bits per heavy atom. The lowest BCUT2D eigenvalue weighted by molar-refractivity contribution is -0.133. The molecule has 0 atom stereocenters. The smallest absolute Gasteiger partial charge is 0.330 e.